The van der Waals surface area contributed by atoms with E-state index in [0.29, 0.717) is 12.4 Å². The summed E-state index contributed by atoms with van der Waals surface area (Å²) in [6.45, 7) is 6.17. The van der Waals surface area contributed by atoms with Gasteiger partial charge in [0.1, 0.15) is 0 Å². The Kier molecular flexibility index (Phi) is 4.87. The maximum absolute atomic E-state index is 12.3. The molecule has 0 fully saturated rings. The van der Waals surface area contributed by atoms with Gasteiger partial charge in [0.2, 0.25) is 0 Å². The number of aryl methyl sites for hydroxylation is 1. The second-order valence-corrected chi connectivity index (χ2v) is 5.66. The number of hydrogen-bond acceptors (Lipinski definition) is 7. The Morgan fingerprint density at radius 2 is 2.04 bits per heavy atom. The van der Waals surface area contributed by atoms with Crippen LogP contribution in [0.5, 0.6) is 0 Å². The highest BCUT2D eigenvalue weighted by atomic mass is 16.5. The normalized spacial score (nSPS) is 13.0. The van der Waals surface area contributed by atoms with E-state index in [4.69, 9.17) is 4.74 Å². The number of fused-ring (bicyclic) bond motifs is 1. The van der Waals surface area contributed by atoms with Gasteiger partial charge in [-0.2, -0.15) is 0 Å². The van der Waals surface area contributed by atoms with Crippen LogP contribution < -0.4 is 0 Å². The van der Waals surface area contributed by atoms with E-state index in [0.717, 1.165) is 11.3 Å². The number of carbonyl (C=O) groups excluding carboxylic acids is 3. The lowest BCUT2D eigenvalue weighted by Gasteiger charge is -2.09. The van der Waals surface area contributed by atoms with Crippen molar-refractivity contribution in [1.82, 2.24) is 25.1 Å². The van der Waals surface area contributed by atoms with Gasteiger partial charge in [0, 0.05) is 13.1 Å². The zero-order valence-electron chi connectivity index (χ0n) is 14.2. The molecule has 1 aliphatic heterocycles. The second kappa shape index (κ2) is 7.26. The largest absolute Gasteiger partial charge is 0.454 e. The molecule has 1 aliphatic rings. The molecule has 1 aromatic heterocycles. The summed E-state index contributed by atoms with van der Waals surface area (Å²) in [5.41, 5.74) is 0.627. The van der Waals surface area contributed by atoms with Crippen LogP contribution in [0.15, 0.2) is 30.9 Å². The first-order valence-electron chi connectivity index (χ1n) is 8.10. The Morgan fingerprint density at radius 1 is 1.27 bits per heavy atom. The minimum Gasteiger partial charge on any atom is -0.454 e. The van der Waals surface area contributed by atoms with Crippen LogP contribution in [0.2, 0.25) is 0 Å². The molecule has 0 aliphatic carbocycles. The van der Waals surface area contributed by atoms with Crippen LogP contribution in [0, 0.1) is 0 Å². The summed E-state index contributed by atoms with van der Waals surface area (Å²) in [6, 6.07) is 4.28. The molecule has 26 heavy (non-hydrogen) atoms. The lowest BCUT2D eigenvalue weighted by molar-refractivity contribution is 0.0456. The third kappa shape index (κ3) is 3.10. The molecule has 9 nitrogen and oxygen atoms in total. The monoisotopic (exact) mass is 355 g/mol. The third-order valence-corrected chi connectivity index (χ3v) is 3.89. The molecule has 1 aromatic carbocycles. The number of carbonyl (C=O) groups is 3. The Labute approximate surface area is 149 Å². The SMILES string of the molecule is C=CCN1C(=O)c2ccc(C(=O)OCc3nnnn3CCC)cc2C1=O. The number of amides is 2. The predicted molar refractivity (Wildman–Crippen MR) is 89.2 cm³/mol. The van der Waals surface area contributed by atoms with E-state index < -0.39 is 17.8 Å². The van der Waals surface area contributed by atoms with Crippen LogP contribution in [0.3, 0.4) is 0 Å². The summed E-state index contributed by atoms with van der Waals surface area (Å²) in [4.78, 5) is 37.8. The smallest absolute Gasteiger partial charge is 0.338 e. The van der Waals surface area contributed by atoms with Gasteiger partial charge in [0.15, 0.2) is 12.4 Å². The Hall–Kier alpha value is -3.36. The van der Waals surface area contributed by atoms with Crippen molar-refractivity contribution >= 4 is 17.8 Å². The van der Waals surface area contributed by atoms with Gasteiger partial charge < -0.3 is 4.74 Å². The van der Waals surface area contributed by atoms with Crippen molar-refractivity contribution in [3.8, 4) is 0 Å². The molecule has 0 atom stereocenters. The molecule has 134 valence electrons. The fraction of sp³-hybridized carbons (Fsp3) is 0.294. The molecule has 0 unspecified atom stereocenters. The highest BCUT2D eigenvalue weighted by Gasteiger charge is 2.35. The molecule has 0 radical (unpaired) electrons. The van der Waals surface area contributed by atoms with Crippen LogP contribution in [-0.2, 0) is 17.9 Å². The van der Waals surface area contributed by atoms with Gasteiger partial charge >= 0.3 is 5.97 Å². The third-order valence-electron chi connectivity index (χ3n) is 3.89. The summed E-state index contributed by atoms with van der Waals surface area (Å²) in [7, 11) is 0. The molecule has 9 heteroatoms. The van der Waals surface area contributed by atoms with E-state index in [1.165, 1.54) is 24.3 Å². The first-order valence-corrected chi connectivity index (χ1v) is 8.10. The zero-order valence-corrected chi connectivity index (χ0v) is 14.2. The molecule has 0 N–H and O–H groups in total. The average molecular weight is 355 g/mol. The van der Waals surface area contributed by atoms with E-state index in [9.17, 15) is 14.4 Å². The van der Waals surface area contributed by atoms with Gasteiger partial charge in [-0.25, -0.2) is 9.48 Å². The topological polar surface area (TPSA) is 107 Å². The number of nitrogens with zero attached hydrogens (tertiary/aromatic N) is 5. The van der Waals surface area contributed by atoms with Crippen molar-refractivity contribution in [1.29, 1.82) is 0 Å². The number of ether oxygens (including phenoxy) is 1. The minimum absolute atomic E-state index is 0.0849. The number of hydrogen-bond donors (Lipinski definition) is 0. The first-order chi connectivity index (χ1) is 12.6. The van der Waals surface area contributed by atoms with Crippen molar-refractivity contribution in [3.63, 3.8) is 0 Å². The molecule has 2 amide bonds. The zero-order chi connectivity index (χ0) is 18.7. The van der Waals surface area contributed by atoms with E-state index in [-0.39, 0.29) is 29.8 Å². The van der Waals surface area contributed by atoms with Crippen LogP contribution in [0.25, 0.3) is 0 Å². The number of imide groups is 1. The minimum atomic E-state index is -0.624. The highest BCUT2D eigenvalue weighted by Crippen LogP contribution is 2.24. The molecule has 0 spiro atoms. The maximum atomic E-state index is 12.3. The number of esters is 1. The number of benzene rings is 1. The summed E-state index contributed by atoms with van der Waals surface area (Å²) in [5, 5.41) is 11.2. The van der Waals surface area contributed by atoms with E-state index >= 15 is 0 Å². The van der Waals surface area contributed by atoms with E-state index in [1.54, 1.807) is 4.68 Å². The Morgan fingerprint density at radius 3 is 2.77 bits per heavy atom. The van der Waals surface area contributed by atoms with Gasteiger partial charge in [-0.05, 0) is 35.0 Å². The lowest BCUT2D eigenvalue weighted by atomic mass is 10.1. The average Bonchev–Trinajstić information content (AvgIpc) is 3.18. The van der Waals surface area contributed by atoms with Crippen molar-refractivity contribution in [3.05, 3.63) is 53.4 Å². The summed E-state index contributed by atoms with van der Waals surface area (Å²) in [6.07, 6.45) is 2.31. The molecule has 0 saturated heterocycles. The molecule has 0 saturated carbocycles. The van der Waals surface area contributed by atoms with Crippen molar-refractivity contribution in [2.45, 2.75) is 26.5 Å². The summed E-state index contributed by atoms with van der Waals surface area (Å²) < 4.78 is 6.79. The molecule has 3 rings (SSSR count). The van der Waals surface area contributed by atoms with Crippen LogP contribution in [0.4, 0.5) is 0 Å². The summed E-state index contributed by atoms with van der Waals surface area (Å²) >= 11 is 0. The Balaban J connectivity index is 1.74. The van der Waals surface area contributed by atoms with Crippen molar-refractivity contribution in [2.75, 3.05) is 6.54 Å². The van der Waals surface area contributed by atoms with Crippen molar-refractivity contribution < 1.29 is 19.1 Å². The number of rotatable bonds is 7. The molecular formula is C17H17N5O4. The van der Waals surface area contributed by atoms with Crippen LogP contribution in [0.1, 0.15) is 50.2 Å². The van der Waals surface area contributed by atoms with Gasteiger partial charge in [0.25, 0.3) is 11.8 Å². The highest BCUT2D eigenvalue weighted by molar-refractivity contribution is 6.22. The maximum Gasteiger partial charge on any atom is 0.338 e. The lowest BCUT2D eigenvalue weighted by Crippen LogP contribution is -2.29. The molecule has 2 aromatic rings. The van der Waals surface area contributed by atoms with Crippen LogP contribution in [-0.4, -0.2) is 49.4 Å². The predicted octanol–water partition coefficient (Wildman–Crippen LogP) is 1.22. The molecule has 2 heterocycles. The molecular weight excluding hydrogens is 338 g/mol. The fourth-order valence-electron chi connectivity index (χ4n) is 2.64. The first kappa shape index (κ1) is 17.5. The number of tetrazole rings is 1. The fourth-order valence-corrected chi connectivity index (χ4v) is 2.64. The van der Waals surface area contributed by atoms with Gasteiger partial charge in [-0.3, -0.25) is 14.5 Å². The van der Waals surface area contributed by atoms with E-state index in [1.807, 2.05) is 6.92 Å². The van der Waals surface area contributed by atoms with Crippen LogP contribution >= 0.6 is 0 Å². The van der Waals surface area contributed by atoms with Gasteiger partial charge in [-0.15, -0.1) is 11.7 Å². The Bertz CT molecular complexity index is 889. The van der Waals surface area contributed by atoms with E-state index in [2.05, 4.69) is 22.1 Å². The van der Waals surface area contributed by atoms with Gasteiger partial charge in [-0.1, -0.05) is 13.0 Å². The second-order valence-electron chi connectivity index (χ2n) is 5.66. The van der Waals surface area contributed by atoms with Gasteiger partial charge in [0.05, 0.1) is 16.7 Å². The summed E-state index contributed by atoms with van der Waals surface area (Å²) in [5.74, 6) is -1.04. The van der Waals surface area contributed by atoms with Crippen molar-refractivity contribution in [2.24, 2.45) is 0 Å². The number of aromatic nitrogens is 4. The quantitative estimate of drug-likeness (QED) is 0.417. The molecule has 0 bridgehead atoms. The standard InChI is InChI=1S/C17H17N5O4/c1-3-7-21-15(23)12-6-5-11(9-13(12)16(21)24)17(25)26-10-14-18-19-20-22(14)8-4-2/h3,5-6,9H,1,4,7-8,10H2,2H3.